The summed E-state index contributed by atoms with van der Waals surface area (Å²) < 4.78 is 1.93. The van der Waals surface area contributed by atoms with Crippen LogP contribution in [0, 0.1) is 0 Å². The van der Waals surface area contributed by atoms with Gasteiger partial charge in [-0.2, -0.15) is 5.10 Å². The van der Waals surface area contributed by atoms with E-state index < -0.39 is 5.54 Å². The lowest BCUT2D eigenvalue weighted by Crippen LogP contribution is -2.63. The van der Waals surface area contributed by atoms with Crippen LogP contribution >= 0.6 is 0 Å². The van der Waals surface area contributed by atoms with Crippen LogP contribution < -0.4 is 5.32 Å². The maximum absolute atomic E-state index is 12.3. The molecule has 0 spiro atoms. The number of nitrogens with zero attached hydrogens (tertiary/aromatic N) is 3. The molecule has 0 aromatic carbocycles. The fourth-order valence-electron chi connectivity index (χ4n) is 2.57. The molecule has 0 saturated carbocycles. The highest BCUT2D eigenvalue weighted by Crippen LogP contribution is 2.18. The molecule has 1 aliphatic rings. The van der Waals surface area contributed by atoms with E-state index in [1.165, 1.54) is 4.90 Å². The van der Waals surface area contributed by atoms with E-state index >= 15 is 0 Å². The molecule has 1 aliphatic heterocycles. The number of carbonyl (C=O) groups is 2. The molecule has 2 amide bonds. The molecule has 0 aliphatic carbocycles. The third-order valence-corrected chi connectivity index (χ3v) is 4.06. The number of imide groups is 1. The number of aromatic nitrogens is 2. The lowest BCUT2D eigenvalue weighted by atomic mass is 10.0. The smallest absolute Gasteiger partial charge is 0.249 e. The zero-order chi connectivity index (χ0) is 15.6. The summed E-state index contributed by atoms with van der Waals surface area (Å²) in [6.45, 7) is 8.26. The quantitative estimate of drug-likeness (QED) is 0.835. The molecule has 1 aromatic rings. The van der Waals surface area contributed by atoms with Gasteiger partial charge in [0.15, 0.2) is 0 Å². The summed E-state index contributed by atoms with van der Waals surface area (Å²) in [4.78, 5) is 25.6. The average Bonchev–Trinajstić information content (AvgIpc) is 2.90. The van der Waals surface area contributed by atoms with Crippen molar-refractivity contribution in [1.82, 2.24) is 20.0 Å². The van der Waals surface area contributed by atoms with Gasteiger partial charge >= 0.3 is 0 Å². The van der Waals surface area contributed by atoms with Gasteiger partial charge in [-0.25, -0.2) is 0 Å². The first-order valence-electron chi connectivity index (χ1n) is 7.53. The number of piperazine rings is 1. The number of hydrogen-bond donors (Lipinski definition) is 1. The minimum atomic E-state index is -0.703. The van der Waals surface area contributed by atoms with Crippen LogP contribution in [0.5, 0.6) is 0 Å². The number of amides is 2. The molecule has 1 fully saturated rings. The highest BCUT2D eigenvalue weighted by molar-refractivity contribution is 6.02. The standard InChI is InChI=1S/C15H24N4O2/c1-5-12(6-2)19-8-7-11(17-19)10-18-13(20)9-16-15(3,4)14(18)21/h7-8,12,16H,5-6,9-10H2,1-4H3. The van der Waals surface area contributed by atoms with Crippen molar-refractivity contribution in [1.29, 1.82) is 0 Å². The number of carbonyl (C=O) groups excluding carboxylic acids is 2. The van der Waals surface area contributed by atoms with E-state index in [0.717, 1.165) is 18.5 Å². The van der Waals surface area contributed by atoms with Gasteiger partial charge in [-0.3, -0.25) is 24.5 Å². The molecule has 0 atom stereocenters. The zero-order valence-electron chi connectivity index (χ0n) is 13.2. The third kappa shape index (κ3) is 3.15. The molecule has 1 aromatic heterocycles. The van der Waals surface area contributed by atoms with Gasteiger partial charge < -0.3 is 0 Å². The molecule has 2 rings (SSSR count). The van der Waals surface area contributed by atoms with Crippen LogP contribution in [0.15, 0.2) is 12.3 Å². The Kier molecular flexibility index (Phi) is 4.46. The molecule has 116 valence electrons. The molecule has 6 nitrogen and oxygen atoms in total. The lowest BCUT2D eigenvalue weighted by Gasteiger charge is -2.36. The van der Waals surface area contributed by atoms with E-state index in [1.54, 1.807) is 13.8 Å². The Morgan fingerprint density at radius 3 is 2.62 bits per heavy atom. The molecule has 21 heavy (non-hydrogen) atoms. The largest absolute Gasteiger partial charge is 0.295 e. The second kappa shape index (κ2) is 5.97. The second-order valence-corrected chi connectivity index (χ2v) is 6.02. The van der Waals surface area contributed by atoms with E-state index in [0.29, 0.717) is 6.04 Å². The molecule has 6 heteroatoms. The first kappa shape index (κ1) is 15.7. The minimum Gasteiger partial charge on any atom is -0.295 e. The van der Waals surface area contributed by atoms with E-state index in [1.807, 2.05) is 16.9 Å². The Balaban J connectivity index is 2.14. The summed E-state index contributed by atoms with van der Waals surface area (Å²) in [6, 6.07) is 2.25. The Morgan fingerprint density at radius 2 is 2.00 bits per heavy atom. The molecular weight excluding hydrogens is 268 g/mol. The maximum Gasteiger partial charge on any atom is 0.249 e. The Labute approximate surface area is 125 Å². The fourth-order valence-corrected chi connectivity index (χ4v) is 2.57. The van der Waals surface area contributed by atoms with Gasteiger partial charge in [-0.15, -0.1) is 0 Å². The van der Waals surface area contributed by atoms with Gasteiger partial charge in [0.25, 0.3) is 0 Å². The van der Waals surface area contributed by atoms with Gasteiger partial charge in [0, 0.05) is 6.20 Å². The van der Waals surface area contributed by atoms with Crippen LogP contribution in [0.4, 0.5) is 0 Å². The molecule has 0 bridgehead atoms. The van der Waals surface area contributed by atoms with E-state index in [2.05, 4.69) is 24.3 Å². The number of nitrogens with one attached hydrogen (secondary N) is 1. The fraction of sp³-hybridized carbons (Fsp3) is 0.667. The zero-order valence-corrected chi connectivity index (χ0v) is 13.2. The second-order valence-electron chi connectivity index (χ2n) is 6.02. The summed E-state index contributed by atoms with van der Waals surface area (Å²) in [5.74, 6) is -0.396. The Hall–Kier alpha value is -1.69. The van der Waals surface area contributed by atoms with Crippen LogP contribution in [0.3, 0.4) is 0 Å². The van der Waals surface area contributed by atoms with Crippen LogP contribution in [0.25, 0.3) is 0 Å². The molecule has 1 saturated heterocycles. The summed E-state index contributed by atoms with van der Waals surface area (Å²) >= 11 is 0. The Bertz CT molecular complexity index is 532. The van der Waals surface area contributed by atoms with Crippen molar-refractivity contribution < 1.29 is 9.59 Å². The molecule has 2 heterocycles. The molecule has 0 unspecified atom stereocenters. The summed E-state index contributed by atoms with van der Waals surface area (Å²) in [6.07, 6.45) is 3.95. The summed E-state index contributed by atoms with van der Waals surface area (Å²) in [5.41, 5.74) is 0.0487. The van der Waals surface area contributed by atoms with Crippen molar-refractivity contribution in [2.24, 2.45) is 0 Å². The number of hydrogen-bond acceptors (Lipinski definition) is 4. The monoisotopic (exact) mass is 292 g/mol. The van der Waals surface area contributed by atoms with Crippen molar-refractivity contribution in [2.45, 2.75) is 58.7 Å². The third-order valence-electron chi connectivity index (χ3n) is 4.06. The molecule has 1 N–H and O–H groups in total. The normalized spacial score (nSPS) is 18.6. The van der Waals surface area contributed by atoms with Crippen molar-refractivity contribution in [3.05, 3.63) is 18.0 Å². The first-order valence-corrected chi connectivity index (χ1v) is 7.53. The topological polar surface area (TPSA) is 67.2 Å². The van der Waals surface area contributed by atoms with Gasteiger partial charge in [0.2, 0.25) is 11.8 Å². The van der Waals surface area contributed by atoms with E-state index in [4.69, 9.17) is 0 Å². The van der Waals surface area contributed by atoms with Gasteiger partial charge in [0.05, 0.1) is 30.4 Å². The minimum absolute atomic E-state index is 0.187. The van der Waals surface area contributed by atoms with Gasteiger partial charge in [-0.05, 0) is 32.8 Å². The summed E-state index contributed by atoms with van der Waals surface area (Å²) in [7, 11) is 0. The van der Waals surface area contributed by atoms with E-state index in [9.17, 15) is 9.59 Å². The maximum atomic E-state index is 12.3. The molecular formula is C15H24N4O2. The van der Waals surface area contributed by atoms with E-state index in [-0.39, 0.29) is 24.9 Å². The van der Waals surface area contributed by atoms with Crippen molar-refractivity contribution >= 4 is 11.8 Å². The van der Waals surface area contributed by atoms with Gasteiger partial charge in [0.1, 0.15) is 0 Å². The van der Waals surface area contributed by atoms with Crippen molar-refractivity contribution in [2.75, 3.05) is 6.54 Å². The van der Waals surface area contributed by atoms with Gasteiger partial charge in [-0.1, -0.05) is 13.8 Å². The predicted octanol–water partition coefficient (Wildman–Crippen LogP) is 1.48. The Morgan fingerprint density at radius 1 is 1.33 bits per heavy atom. The van der Waals surface area contributed by atoms with Crippen LogP contribution in [0.1, 0.15) is 52.3 Å². The molecule has 0 radical (unpaired) electrons. The lowest BCUT2D eigenvalue weighted by molar-refractivity contribution is -0.153. The van der Waals surface area contributed by atoms with Crippen molar-refractivity contribution in [3.63, 3.8) is 0 Å². The highest BCUT2D eigenvalue weighted by atomic mass is 16.2. The number of rotatable bonds is 5. The predicted molar refractivity (Wildman–Crippen MR) is 79.5 cm³/mol. The van der Waals surface area contributed by atoms with Crippen LogP contribution in [0.2, 0.25) is 0 Å². The van der Waals surface area contributed by atoms with Crippen LogP contribution in [-0.2, 0) is 16.1 Å². The van der Waals surface area contributed by atoms with Crippen LogP contribution in [-0.4, -0.2) is 38.6 Å². The first-order chi connectivity index (χ1) is 9.89. The average molecular weight is 292 g/mol. The highest BCUT2D eigenvalue weighted by Gasteiger charge is 2.39. The van der Waals surface area contributed by atoms with Crippen molar-refractivity contribution in [3.8, 4) is 0 Å². The summed E-state index contributed by atoms with van der Waals surface area (Å²) in [5, 5.41) is 7.46. The SMILES string of the molecule is CCC(CC)n1ccc(CN2C(=O)CNC(C)(C)C2=O)n1.